The number of carbonyl (C=O) groups is 1. The Bertz CT molecular complexity index is 1100. The summed E-state index contributed by atoms with van der Waals surface area (Å²) in [7, 11) is -2.12. The number of aromatic nitrogens is 2. The second-order valence-corrected chi connectivity index (χ2v) is 8.49. The maximum Gasteiger partial charge on any atom is 0.227 e. The molecule has 8 nitrogen and oxygen atoms in total. The number of aryl methyl sites for hydroxylation is 1. The van der Waals surface area contributed by atoms with E-state index in [9.17, 15) is 13.2 Å². The zero-order valence-corrected chi connectivity index (χ0v) is 17.0. The number of anilines is 1. The van der Waals surface area contributed by atoms with Crippen LogP contribution in [-0.4, -0.2) is 31.6 Å². The Morgan fingerprint density at radius 2 is 1.90 bits per heavy atom. The SMILES string of the molecule is COc1ccccc1NC(=O)CCc1nc(CS(=O)(=O)c2ccc(Cl)cc2)no1. The number of hydrogen-bond donors (Lipinski definition) is 1. The second-order valence-electron chi connectivity index (χ2n) is 6.07. The Balaban J connectivity index is 1.57. The number of halogens is 1. The molecule has 1 heterocycles. The summed E-state index contributed by atoms with van der Waals surface area (Å²) < 4.78 is 35.1. The van der Waals surface area contributed by atoms with Gasteiger partial charge in [-0.25, -0.2) is 8.42 Å². The maximum atomic E-state index is 12.4. The van der Waals surface area contributed by atoms with E-state index in [-0.39, 0.29) is 35.4 Å². The molecule has 0 fully saturated rings. The fourth-order valence-electron chi connectivity index (χ4n) is 2.53. The Kier molecular flexibility index (Phi) is 6.50. The van der Waals surface area contributed by atoms with E-state index in [1.807, 2.05) is 0 Å². The summed E-state index contributed by atoms with van der Waals surface area (Å²) in [4.78, 5) is 16.3. The van der Waals surface area contributed by atoms with E-state index in [1.165, 1.54) is 31.4 Å². The first-order valence-corrected chi connectivity index (χ1v) is 10.6. The van der Waals surface area contributed by atoms with Crippen molar-refractivity contribution in [3.8, 4) is 5.75 Å². The monoisotopic (exact) mass is 435 g/mol. The van der Waals surface area contributed by atoms with Gasteiger partial charge in [0.2, 0.25) is 11.8 Å². The van der Waals surface area contributed by atoms with Gasteiger partial charge in [0.1, 0.15) is 11.5 Å². The molecule has 0 atom stereocenters. The molecule has 0 spiro atoms. The van der Waals surface area contributed by atoms with E-state index >= 15 is 0 Å². The number of ether oxygens (including phenoxy) is 1. The molecule has 152 valence electrons. The van der Waals surface area contributed by atoms with E-state index in [0.29, 0.717) is 16.5 Å². The highest BCUT2D eigenvalue weighted by molar-refractivity contribution is 7.90. The largest absolute Gasteiger partial charge is 0.495 e. The molecule has 2 aromatic carbocycles. The van der Waals surface area contributed by atoms with Crippen molar-refractivity contribution in [3.05, 3.63) is 65.3 Å². The van der Waals surface area contributed by atoms with E-state index < -0.39 is 15.6 Å². The molecule has 10 heteroatoms. The third-order valence-electron chi connectivity index (χ3n) is 3.95. The van der Waals surface area contributed by atoms with Gasteiger partial charge in [-0.05, 0) is 36.4 Å². The van der Waals surface area contributed by atoms with Crippen LogP contribution in [0.2, 0.25) is 5.02 Å². The number of methoxy groups -OCH3 is 1. The van der Waals surface area contributed by atoms with Crippen LogP contribution in [0.5, 0.6) is 5.75 Å². The normalized spacial score (nSPS) is 11.2. The van der Waals surface area contributed by atoms with Crippen LogP contribution >= 0.6 is 11.6 Å². The predicted molar refractivity (Wildman–Crippen MR) is 107 cm³/mol. The average molecular weight is 436 g/mol. The molecule has 0 aliphatic carbocycles. The summed E-state index contributed by atoms with van der Waals surface area (Å²) in [5.74, 6) is 0.0869. The molecule has 1 amide bonds. The molecule has 0 unspecified atom stereocenters. The van der Waals surface area contributed by atoms with E-state index in [1.54, 1.807) is 24.3 Å². The van der Waals surface area contributed by atoms with Gasteiger partial charge in [0.05, 0.1) is 17.7 Å². The molecule has 0 radical (unpaired) electrons. The van der Waals surface area contributed by atoms with Gasteiger partial charge in [-0.15, -0.1) is 0 Å². The predicted octanol–water partition coefficient (Wildman–Crippen LogP) is 3.28. The number of para-hydroxylation sites is 2. The van der Waals surface area contributed by atoms with Gasteiger partial charge in [0.25, 0.3) is 0 Å². The minimum Gasteiger partial charge on any atom is -0.495 e. The number of amides is 1. The second kappa shape index (κ2) is 9.06. The highest BCUT2D eigenvalue weighted by Crippen LogP contribution is 2.23. The van der Waals surface area contributed by atoms with Crippen LogP contribution in [0.1, 0.15) is 18.1 Å². The minimum atomic E-state index is -3.63. The quantitative estimate of drug-likeness (QED) is 0.577. The fraction of sp³-hybridized carbons (Fsp3) is 0.211. The lowest BCUT2D eigenvalue weighted by Gasteiger charge is -2.08. The molecular formula is C19H18ClN3O5S. The van der Waals surface area contributed by atoms with Crippen LogP contribution in [0.4, 0.5) is 5.69 Å². The molecule has 0 saturated heterocycles. The lowest BCUT2D eigenvalue weighted by Crippen LogP contribution is -2.13. The van der Waals surface area contributed by atoms with Crippen molar-refractivity contribution in [1.29, 1.82) is 0 Å². The smallest absolute Gasteiger partial charge is 0.227 e. The highest BCUT2D eigenvalue weighted by atomic mass is 35.5. The number of nitrogens with one attached hydrogen (secondary N) is 1. The van der Waals surface area contributed by atoms with E-state index in [2.05, 4.69) is 15.5 Å². The number of benzene rings is 2. The molecule has 0 aliphatic heterocycles. The van der Waals surface area contributed by atoms with Crippen molar-refractivity contribution in [3.63, 3.8) is 0 Å². The van der Waals surface area contributed by atoms with Gasteiger partial charge < -0.3 is 14.6 Å². The first-order valence-electron chi connectivity index (χ1n) is 8.60. The summed E-state index contributed by atoms with van der Waals surface area (Å²) in [5.41, 5.74) is 0.556. The van der Waals surface area contributed by atoms with Crippen LogP contribution in [0.15, 0.2) is 57.9 Å². The third kappa shape index (κ3) is 5.55. The van der Waals surface area contributed by atoms with Crippen molar-refractivity contribution in [2.45, 2.75) is 23.5 Å². The van der Waals surface area contributed by atoms with Gasteiger partial charge in [0, 0.05) is 17.9 Å². The number of hydrogen-bond acceptors (Lipinski definition) is 7. The van der Waals surface area contributed by atoms with Crippen LogP contribution in [0.3, 0.4) is 0 Å². The highest BCUT2D eigenvalue weighted by Gasteiger charge is 2.19. The lowest BCUT2D eigenvalue weighted by molar-refractivity contribution is -0.116. The Morgan fingerprint density at radius 3 is 2.62 bits per heavy atom. The molecule has 1 N–H and O–H groups in total. The summed E-state index contributed by atoms with van der Waals surface area (Å²) >= 11 is 5.78. The van der Waals surface area contributed by atoms with Crippen molar-refractivity contribution in [1.82, 2.24) is 10.1 Å². The van der Waals surface area contributed by atoms with E-state index in [4.69, 9.17) is 20.9 Å². The number of sulfone groups is 1. The summed E-state index contributed by atoms with van der Waals surface area (Å²) in [6.07, 6.45) is 0.262. The fourth-order valence-corrected chi connectivity index (χ4v) is 3.83. The standard InChI is InChI=1S/C19H18ClN3O5S/c1-27-16-5-3-2-4-15(16)21-18(24)10-11-19-22-17(23-28-19)12-29(25,26)14-8-6-13(20)7-9-14/h2-9H,10-12H2,1H3,(H,21,24). The van der Waals surface area contributed by atoms with Crippen molar-refractivity contribution >= 4 is 33.0 Å². The lowest BCUT2D eigenvalue weighted by atomic mass is 10.2. The zero-order valence-electron chi connectivity index (χ0n) is 15.5. The Hall–Kier alpha value is -2.91. The molecule has 3 rings (SSSR count). The maximum absolute atomic E-state index is 12.4. The van der Waals surface area contributed by atoms with Crippen LogP contribution in [-0.2, 0) is 26.8 Å². The number of rotatable bonds is 8. The van der Waals surface area contributed by atoms with Gasteiger partial charge in [-0.3, -0.25) is 4.79 Å². The minimum absolute atomic E-state index is 0.0279. The molecule has 0 aliphatic rings. The van der Waals surface area contributed by atoms with E-state index in [0.717, 1.165) is 0 Å². The molecule has 29 heavy (non-hydrogen) atoms. The van der Waals surface area contributed by atoms with Gasteiger partial charge in [-0.2, -0.15) is 4.98 Å². The number of carbonyl (C=O) groups excluding carboxylic acids is 1. The zero-order chi connectivity index (χ0) is 20.9. The topological polar surface area (TPSA) is 111 Å². The molecule has 0 bridgehead atoms. The van der Waals surface area contributed by atoms with Crippen LogP contribution in [0.25, 0.3) is 0 Å². The third-order valence-corrected chi connectivity index (χ3v) is 5.83. The number of nitrogens with zero attached hydrogens (tertiary/aromatic N) is 2. The summed E-state index contributed by atoms with van der Waals surface area (Å²) in [6.45, 7) is 0. The van der Waals surface area contributed by atoms with Gasteiger partial charge in [-0.1, -0.05) is 28.9 Å². The van der Waals surface area contributed by atoms with Crippen molar-refractivity contribution < 1.29 is 22.5 Å². The van der Waals surface area contributed by atoms with Crippen molar-refractivity contribution in [2.24, 2.45) is 0 Å². The molecular weight excluding hydrogens is 418 g/mol. The molecule has 0 saturated carbocycles. The Morgan fingerprint density at radius 1 is 1.17 bits per heavy atom. The first-order chi connectivity index (χ1) is 13.9. The Labute approximate surface area is 172 Å². The van der Waals surface area contributed by atoms with Gasteiger partial charge >= 0.3 is 0 Å². The molecule has 3 aromatic rings. The molecule has 1 aromatic heterocycles. The summed E-state index contributed by atoms with van der Waals surface area (Å²) in [6, 6.07) is 12.9. The van der Waals surface area contributed by atoms with Crippen molar-refractivity contribution in [2.75, 3.05) is 12.4 Å². The summed E-state index contributed by atoms with van der Waals surface area (Å²) in [5, 5.41) is 6.87. The first kappa shape index (κ1) is 20.8. The van der Waals surface area contributed by atoms with Gasteiger partial charge in [0.15, 0.2) is 15.7 Å². The average Bonchev–Trinajstić information content (AvgIpc) is 3.14. The van der Waals surface area contributed by atoms with Crippen LogP contribution < -0.4 is 10.1 Å². The van der Waals surface area contributed by atoms with Crippen LogP contribution in [0, 0.1) is 0 Å².